The lowest BCUT2D eigenvalue weighted by molar-refractivity contribution is -0.301. The number of unbranched alkanes of at least 4 members (excludes halogenated alkanes) is 24. The number of aliphatic carboxylic acids is 1. The van der Waals surface area contributed by atoms with Crippen molar-refractivity contribution < 1.29 is 58.2 Å². The minimum absolute atomic E-state index is 0.0467. The van der Waals surface area contributed by atoms with Crippen LogP contribution in [0.3, 0.4) is 0 Å². The van der Waals surface area contributed by atoms with Gasteiger partial charge in [-0.2, -0.15) is 0 Å². The second kappa shape index (κ2) is 50.9. The second-order valence-corrected chi connectivity index (χ2v) is 20.3. The van der Waals surface area contributed by atoms with Crippen LogP contribution >= 0.6 is 0 Å². The van der Waals surface area contributed by atoms with E-state index in [4.69, 9.17) is 23.7 Å². The summed E-state index contributed by atoms with van der Waals surface area (Å²) < 4.78 is 28.4. The predicted octanol–water partition coefficient (Wildman–Crippen LogP) is 15.3. The summed E-state index contributed by atoms with van der Waals surface area (Å²) in [4.78, 5) is 51.1. The lowest BCUT2D eigenvalue weighted by Gasteiger charge is -2.40. The summed E-state index contributed by atoms with van der Waals surface area (Å²) in [6, 6.07) is 0. The maximum atomic E-state index is 13.1. The molecule has 6 atom stereocenters. The summed E-state index contributed by atoms with van der Waals surface area (Å²) in [5, 5.41) is 31.5. The smallest absolute Gasteiger partial charge is 0.335 e. The van der Waals surface area contributed by atoms with Crippen molar-refractivity contribution in [3.05, 3.63) is 72.9 Å². The molecule has 0 amide bonds. The van der Waals surface area contributed by atoms with Crippen LogP contribution in [0.25, 0.3) is 0 Å². The molecule has 0 radical (unpaired) electrons. The summed E-state index contributed by atoms with van der Waals surface area (Å²) in [6.45, 7) is 5.82. The van der Waals surface area contributed by atoms with E-state index in [1.807, 2.05) is 0 Å². The van der Waals surface area contributed by atoms with Crippen LogP contribution < -0.4 is 0 Å². The zero-order chi connectivity index (χ0) is 54.7. The Hall–Kier alpha value is -3.84. The SMILES string of the molecule is CC/C=C\C/C=C\C/C=C\C/C=C\CCCCC(=O)OCC(COC1OC(C(=O)O)C(O)C(O)C1OC(=O)CCCCCCCCC/C=C\C/C=C\CCCCC)OC(=O)CCCCCCCCCCCCCCC. The zero-order valence-corrected chi connectivity index (χ0v) is 47.3. The number of rotatable bonds is 50. The number of allylic oxidation sites excluding steroid dienone is 12. The lowest BCUT2D eigenvalue weighted by atomic mass is 9.98. The van der Waals surface area contributed by atoms with Gasteiger partial charge in [-0.25, -0.2) is 4.79 Å². The van der Waals surface area contributed by atoms with Gasteiger partial charge in [0.05, 0.1) is 6.61 Å². The van der Waals surface area contributed by atoms with Gasteiger partial charge in [-0.3, -0.25) is 14.4 Å². The van der Waals surface area contributed by atoms with E-state index >= 15 is 0 Å². The van der Waals surface area contributed by atoms with Crippen LogP contribution in [0.2, 0.25) is 0 Å². The summed E-state index contributed by atoms with van der Waals surface area (Å²) in [5.41, 5.74) is 0. The molecule has 0 aromatic rings. The molecule has 0 spiro atoms. The van der Waals surface area contributed by atoms with Gasteiger partial charge in [-0.05, 0) is 89.9 Å². The van der Waals surface area contributed by atoms with E-state index < -0.39 is 67.3 Å². The second-order valence-electron chi connectivity index (χ2n) is 20.3. The highest BCUT2D eigenvalue weighted by Crippen LogP contribution is 2.26. The van der Waals surface area contributed by atoms with Gasteiger partial charge in [0.15, 0.2) is 24.6 Å². The molecule has 0 aliphatic carbocycles. The van der Waals surface area contributed by atoms with Crippen LogP contribution in [0.4, 0.5) is 0 Å². The first kappa shape index (κ1) is 69.2. The number of esters is 3. The summed E-state index contributed by atoms with van der Waals surface area (Å²) in [5.74, 6) is -3.18. The molecule has 0 aromatic heterocycles. The van der Waals surface area contributed by atoms with Gasteiger partial charge in [-0.1, -0.05) is 216 Å². The van der Waals surface area contributed by atoms with Gasteiger partial charge in [0, 0.05) is 19.3 Å². The number of carboxylic acids is 1. The monoisotopic (exact) mass is 1050 g/mol. The Morgan fingerprint density at radius 3 is 1.33 bits per heavy atom. The van der Waals surface area contributed by atoms with E-state index in [1.165, 1.54) is 77.0 Å². The minimum Gasteiger partial charge on any atom is -0.479 e. The fraction of sp³-hybridized carbons (Fsp3) is 0.746. The van der Waals surface area contributed by atoms with Gasteiger partial charge in [0.1, 0.15) is 18.8 Å². The number of carboxylic acid groups (broad SMARTS) is 1. The Labute approximate surface area is 455 Å². The number of ether oxygens (including phenoxy) is 5. The highest BCUT2D eigenvalue weighted by molar-refractivity contribution is 5.74. The normalized spacial score (nSPS) is 18.7. The molecule has 1 rings (SSSR count). The molecule has 3 N–H and O–H groups in total. The number of hydrogen-bond acceptors (Lipinski definition) is 11. The van der Waals surface area contributed by atoms with Crippen LogP contribution in [0.5, 0.6) is 0 Å². The maximum Gasteiger partial charge on any atom is 0.335 e. The van der Waals surface area contributed by atoms with Gasteiger partial charge >= 0.3 is 23.9 Å². The summed E-state index contributed by atoms with van der Waals surface area (Å²) in [6.07, 6.45) is 51.5. The number of aliphatic hydroxyl groups excluding tert-OH is 2. The topological polar surface area (TPSA) is 175 Å². The van der Waals surface area contributed by atoms with E-state index in [2.05, 4.69) is 93.7 Å². The molecule has 1 saturated heterocycles. The van der Waals surface area contributed by atoms with E-state index in [0.29, 0.717) is 19.3 Å². The molecule has 12 heteroatoms. The average Bonchev–Trinajstić information content (AvgIpc) is 3.39. The van der Waals surface area contributed by atoms with Gasteiger partial charge in [0.25, 0.3) is 0 Å². The van der Waals surface area contributed by atoms with E-state index in [-0.39, 0.29) is 25.9 Å². The molecule has 75 heavy (non-hydrogen) atoms. The van der Waals surface area contributed by atoms with E-state index in [9.17, 15) is 34.5 Å². The van der Waals surface area contributed by atoms with Crippen LogP contribution in [-0.4, -0.2) is 89.2 Å². The van der Waals surface area contributed by atoms with Gasteiger partial charge < -0.3 is 39.0 Å². The lowest BCUT2D eigenvalue weighted by Crippen LogP contribution is -2.61. The van der Waals surface area contributed by atoms with Crippen molar-refractivity contribution in [3.63, 3.8) is 0 Å². The quantitative estimate of drug-likeness (QED) is 0.0228. The Morgan fingerprint density at radius 2 is 0.840 bits per heavy atom. The van der Waals surface area contributed by atoms with Crippen molar-refractivity contribution in [1.82, 2.24) is 0 Å². The molecule has 1 aliphatic rings. The Bertz CT molecular complexity index is 1580. The number of hydrogen-bond donors (Lipinski definition) is 3. The first-order chi connectivity index (χ1) is 36.6. The molecule has 0 bridgehead atoms. The van der Waals surface area contributed by atoms with Crippen LogP contribution in [0.1, 0.15) is 252 Å². The third kappa shape index (κ3) is 41.0. The summed E-state index contributed by atoms with van der Waals surface area (Å²) >= 11 is 0. The molecule has 1 fully saturated rings. The molecule has 430 valence electrons. The summed E-state index contributed by atoms with van der Waals surface area (Å²) in [7, 11) is 0. The minimum atomic E-state index is -1.91. The first-order valence-electron chi connectivity index (χ1n) is 29.9. The number of carbonyl (C=O) groups is 4. The van der Waals surface area contributed by atoms with Crippen LogP contribution in [0.15, 0.2) is 72.9 Å². The molecule has 12 nitrogen and oxygen atoms in total. The first-order valence-corrected chi connectivity index (χ1v) is 29.9. The van der Waals surface area contributed by atoms with Crippen molar-refractivity contribution in [2.45, 2.75) is 289 Å². The Morgan fingerprint density at radius 1 is 0.453 bits per heavy atom. The largest absolute Gasteiger partial charge is 0.479 e. The number of carbonyl (C=O) groups excluding carboxylic acids is 3. The molecular weight excluding hydrogens is 949 g/mol. The zero-order valence-electron chi connectivity index (χ0n) is 47.3. The highest BCUT2D eigenvalue weighted by Gasteiger charge is 2.50. The Balaban J connectivity index is 2.71. The van der Waals surface area contributed by atoms with Crippen LogP contribution in [-0.2, 0) is 42.9 Å². The molecule has 0 saturated carbocycles. The maximum absolute atomic E-state index is 13.1. The number of aliphatic hydroxyl groups is 2. The molecule has 6 unspecified atom stereocenters. The van der Waals surface area contributed by atoms with Crippen LogP contribution in [0, 0.1) is 0 Å². The molecule has 1 aliphatic heterocycles. The van der Waals surface area contributed by atoms with Crippen molar-refractivity contribution in [3.8, 4) is 0 Å². The molecular formula is C63H106O12. The predicted molar refractivity (Wildman–Crippen MR) is 303 cm³/mol. The van der Waals surface area contributed by atoms with Crippen molar-refractivity contribution in [2.24, 2.45) is 0 Å². The molecule has 1 heterocycles. The molecule has 0 aromatic carbocycles. The fourth-order valence-electron chi connectivity index (χ4n) is 8.68. The van der Waals surface area contributed by atoms with E-state index in [0.717, 1.165) is 116 Å². The highest BCUT2D eigenvalue weighted by atomic mass is 16.7. The standard InChI is InChI=1S/C63H106O12/c1-4-7-10-13-16-19-22-25-27-28-30-33-36-39-42-45-48-51-57(66)74-61-59(68)58(67)60(62(69)70)75-63(61)72-53-54(73-56(65)50-47-44-41-38-35-31-24-21-18-15-12-9-6-3)52-71-55(64)49-46-43-40-37-34-32-29-26-23-20-17-14-11-8-5-2/h8,11,16-17,19-20,25-27,29,34,37,54,58-61,63,67-68H,4-7,9-10,12-15,18,21-24,28,30-33,35-36,38-53H2,1-3H3,(H,69,70)/b11-8-,19-16-,20-17-,27-25-,29-26-,37-34-. The third-order valence-corrected chi connectivity index (χ3v) is 13.3. The van der Waals surface area contributed by atoms with Gasteiger partial charge in [0.2, 0.25) is 0 Å². The average molecular weight is 1060 g/mol. The van der Waals surface area contributed by atoms with Gasteiger partial charge in [-0.15, -0.1) is 0 Å². The van der Waals surface area contributed by atoms with E-state index in [1.54, 1.807) is 0 Å². The Kier molecular flexibility index (Phi) is 47.0. The van der Waals surface area contributed by atoms with Crippen molar-refractivity contribution >= 4 is 23.9 Å². The third-order valence-electron chi connectivity index (χ3n) is 13.3. The van der Waals surface area contributed by atoms with Crippen molar-refractivity contribution in [2.75, 3.05) is 13.2 Å². The van der Waals surface area contributed by atoms with Crippen molar-refractivity contribution in [1.29, 1.82) is 0 Å². The fourth-order valence-corrected chi connectivity index (χ4v) is 8.68.